The fraction of sp³-hybridized carbons (Fsp3) is 0.667. The molecule has 1 atom stereocenters. The predicted octanol–water partition coefficient (Wildman–Crippen LogP) is 2.66. The molecular formula is C12H22N2S. The van der Waals surface area contributed by atoms with Gasteiger partial charge in [-0.2, -0.15) is 0 Å². The zero-order chi connectivity index (χ0) is 11.6. The minimum Gasteiger partial charge on any atom is -0.311 e. The number of likely N-dealkylation sites (N-methyl/N-ethyl adjacent to an activating group) is 2. The van der Waals surface area contributed by atoms with Crippen LogP contribution < -0.4 is 5.32 Å². The maximum Gasteiger partial charge on any atom is 0.0510 e. The lowest BCUT2D eigenvalue weighted by molar-refractivity contribution is 0.142. The Bertz CT molecular complexity index is 315. The summed E-state index contributed by atoms with van der Waals surface area (Å²) < 4.78 is 0. The number of rotatable bonds is 4. The number of hydrogen-bond donors (Lipinski definition) is 1. The van der Waals surface area contributed by atoms with Gasteiger partial charge in [-0.1, -0.05) is 0 Å². The van der Waals surface area contributed by atoms with Gasteiger partial charge in [0.25, 0.3) is 0 Å². The van der Waals surface area contributed by atoms with E-state index in [9.17, 15) is 0 Å². The van der Waals surface area contributed by atoms with Crippen LogP contribution in [0.25, 0.3) is 0 Å². The van der Waals surface area contributed by atoms with Crippen molar-refractivity contribution < 1.29 is 0 Å². The van der Waals surface area contributed by atoms with Crippen LogP contribution in [0.15, 0.2) is 11.4 Å². The third-order valence-corrected chi connectivity index (χ3v) is 4.22. The molecule has 0 aliphatic heterocycles. The standard InChI is InChI=1S/C12H22N2S/c1-9-10(7-8-15-9)11(13-4)12(2,3)14(5)6/h7-8,11,13H,1-6H3. The molecular weight excluding hydrogens is 204 g/mol. The first kappa shape index (κ1) is 12.7. The van der Waals surface area contributed by atoms with Crippen molar-refractivity contribution in [2.45, 2.75) is 32.4 Å². The monoisotopic (exact) mass is 226 g/mol. The molecule has 1 N–H and O–H groups in total. The number of nitrogens with zero attached hydrogens (tertiary/aromatic N) is 1. The van der Waals surface area contributed by atoms with Gasteiger partial charge < -0.3 is 10.2 Å². The number of aryl methyl sites for hydroxylation is 1. The molecule has 0 spiro atoms. The van der Waals surface area contributed by atoms with Crippen molar-refractivity contribution in [3.8, 4) is 0 Å². The largest absolute Gasteiger partial charge is 0.311 e. The first-order chi connectivity index (χ1) is 6.91. The Morgan fingerprint density at radius 1 is 1.40 bits per heavy atom. The van der Waals surface area contributed by atoms with Crippen LogP contribution in [0.3, 0.4) is 0 Å². The van der Waals surface area contributed by atoms with E-state index in [2.05, 4.69) is 56.5 Å². The molecule has 0 aliphatic rings. The highest BCUT2D eigenvalue weighted by Gasteiger charge is 2.32. The molecule has 1 unspecified atom stereocenters. The molecule has 86 valence electrons. The summed E-state index contributed by atoms with van der Waals surface area (Å²) in [5, 5.41) is 5.60. The van der Waals surface area contributed by atoms with E-state index in [1.165, 1.54) is 10.4 Å². The summed E-state index contributed by atoms with van der Waals surface area (Å²) in [6.07, 6.45) is 0. The van der Waals surface area contributed by atoms with Gasteiger partial charge in [0.15, 0.2) is 0 Å². The minimum atomic E-state index is 0.112. The maximum absolute atomic E-state index is 3.43. The summed E-state index contributed by atoms with van der Waals surface area (Å²) >= 11 is 1.82. The first-order valence-electron chi connectivity index (χ1n) is 5.30. The van der Waals surface area contributed by atoms with E-state index in [-0.39, 0.29) is 5.54 Å². The van der Waals surface area contributed by atoms with Gasteiger partial charge in [-0.05, 0) is 58.9 Å². The molecule has 0 aliphatic carbocycles. The fourth-order valence-electron chi connectivity index (χ4n) is 1.84. The van der Waals surface area contributed by atoms with E-state index in [1.807, 2.05) is 18.4 Å². The van der Waals surface area contributed by atoms with Crippen LogP contribution in [0.4, 0.5) is 0 Å². The van der Waals surface area contributed by atoms with Crippen molar-refractivity contribution in [2.75, 3.05) is 21.1 Å². The zero-order valence-corrected chi connectivity index (χ0v) is 11.4. The lowest BCUT2D eigenvalue weighted by Crippen LogP contribution is -2.48. The second-order valence-electron chi connectivity index (χ2n) is 4.70. The summed E-state index contributed by atoms with van der Waals surface area (Å²) in [5.41, 5.74) is 1.53. The van der Waals surface area contributed by atoms with Crippen molar-refractivity contribution in [1.29, 1.82) is 0 Å². The highest BCUT2D eigenvalue weighted by Crippen LogP contribution is 2.32. The molecule has 0 bridgehead atoms. The van der Waals surface area contributed by atoms with Gasteiger partial charge >= 0.3 is 0 Å². The maximum atomic E-state index is 3.43. The zero-order valence-electron chi connectivity index (χ0n) is 10.6. The molecule has 0 amide bonds. The molecule has 15 heavy (non-hydrogen) atoms. The Hall–Kier alpha value is -0.380. The van der Waals surface area contributed by atoms with Crippen molar-refractivity contribution in [1.82, 2.24) is 10.2 Å². The van der Waals surface area contributed by atoms with E-state index >= 15 is 0 Å². The molecule has 1 heterocycles. The van der Waals surface area contributed by atoms with E-state index in [1.54, 1.807) is 0 Å². The van der Waals surface area contributed by atoms with E-state index in [4.69, 9.17) is 0 Å². The second-order valence-corrected chi connectivity index (χ2v) is 5.82. The van der Waals surface area contributed by atoms with Gasteiger partial charge in [-0.15, -0.1) is 11.3 Å². The molecule has 0 saturated carbocycles. The quantitative estimate of drug-likeness (QED) is 0.849. The van der Waals surface area contributed by atoms with Crippen molar-refractivity contribution in [3.63, 3.8) is 0 Å². The normalized spacial score (nSPS) is 14.6. The van der Waals surface area contributed by atoms with Crippen LogP contribution >= 0.6 is 11.3 Å². The van der Waals surface area contributed by atoms with Crippen LogP contribution in [0.2, 0.25) is 0 Å². The molecule has 0 saturated heterocycles. The lowest BCUT2D eigenvalue weighted by Gasteiger charge is -2.40. The molecule has 1 aromatic rings. The number of nitrogens with one attached hydrogen (secondary N) is 1. The van der Waals surface area contributed by atoms with Gasteiger partial charge in [0.05, 0.1) is 6.04 Å². The first-order valence-corrected chi connectivity index (χ1v) is 6.18. The van der Waals surface area contributed by atoms with Crippen molar-refractivity contribution >= 4 is 11.3 Å². The van der Waals surface area contributed by atoms with Gasteiger partial charge in [0, 0.05) is 10.4 Å². The Kier molecular flexibility index (Phi) is 3.93. The van der Waals surface area contributed by atoms with Crippen molar-refractivity contribution in [2.24, 2.45) is 0 Å². The Balaban J connectivity index is 3.04. The van der Waals surface area contributed by atoms with E-state index in [0.717, 1.165) is 0 Å². The molecule has 0 fully saturated rings. The third-order valence-electron chi connectivity index (χ3n) is 3.36. The average molecular weight is 226 g/mol. The lowest BCUT2D eigenvalue weighted by atomic mass is 9.88. The van der Waals surface area contributed by atoms with E-state index < -0.39 is 0 Å². The highest BCUT2D eigenvalue weighted by atomic mass is 32.1. The fourth-order valence-corrected chi connectivity index (χ4v) is 2.58. The minimum absolute atomic E-state index is 0.112. The van der Waals surface area contributed by atoms with E-state index in [0.29, 0.717) is 6.04 Å². The molecule has 2 nitrogen and oxygen atoms in total. The second kappa shape index (κ2) is 4.64. The smallest absolute Gasteiger partial charge is 0.0510 e. The SMILES string of the molecule is CNC(c1ccsc1C)C(C)(C)N(C)C. The van der Waals surface area contributed by atoms with Crippen LogP contribution in [0.1, 0.15) is 30.3 Å². The topological polar surface area (TPSA) is 15.3 Å². The van der Waals surface area contributed by atoms with Crippen LogP contribution in [-0.4, -0.2) is 31.6 Å². The summed E-state index contributed by atoms with van der Waals surface area (Å²) in [7, 11) is 6.30. The van der Waals surface area contributed by atoms with Gasteiger partial charge in [-0.3, -0.25) is 0 Å². The summed E-state index contributed by atoms with van der Waals surface area (Å²) in [4.78, 5) is 3.68. The van der Waals surface area contributed by atoms with Crippen LogP contribution in [0, 0.1) is 6.92 Å². The van der Waals surface area contributed by atoms with Gasteiger partial charge in [-0.25, -0.2) is 0 Å². The predicted molar refractivity (Wildman–Crippen MR) is 68.6 cm³/mol. The molecule has 0 radical (unpaired) electrons. The van der Waals surface area contributed by atoms with Crippen LogP contribution in [0.5, 0.6) is 0 Å². The average Bonchev–Trinajstić information content (AvgIpc) is 2.53. The summed E-state index contributed by atoms with van der Waals surface area (Å²) in [5.74, 6) is 0. The van der Waals surface area contributed by atoms with Gasteiger partial charge in [0.2, 0.25) is 0 Å². The van der Waals surface area contributed by atoms with Crippen molar-refractivity contribution in [3.05, 3.63) is 21.9 Å². The summed E-state index contributed by atoms with van der Waals surface area (Å²) in [6, 6.07) is 2.60. The third kappa shape index (κ3) is 2.41. The Labute approximate surface area is 97.3 Å². The number of hydrogen-bond acceptors (Lipinski definition) is 3. The molecule has 3 heteroatoms. The van der Waals surface area contributed by atoms with Gasteiger partial charge in [0.1, 0.15) is 0 Å². The molecule has 1 rings (SSSR count). The highest BCUT2D eigenvalue weighted by molar-refractivity contribution is 7.10. The Morgan fingerprint density at radius 3 is 2.33 bits per heavy atom. The molecule has 0 aromatic carbocycles. The summed E-state index contributed by atoms with van der Waals surface area (Å²) in [6.45, 7) is 6.73. The van der Waals surface area contributed by atoms with Crippen LogP contribution in [-0.2, 0) is 0 Å². The number of thiophene rings is 1. The Morgan fingerprint density at radius 2 is 2.00 bits per heavy atom. The molecule has 1 aromatic heterocycles.